The lowest BCUT2D eigenvalue weighted by atomic mass is 10.0. The van der Waals surface area contributed by atoms with Gasteiger partial charge in [-0.25, -0.2) is 0 Å². The zero-order valence-electron chi connectivity index (χ0n) is 19.1. The molecule has 174 valence electrons. The van der Waals surface area contributed by atoms with Crippen LogP contribution >= 0.6 is 0 Å². The molecule has 1 saturated heterocycles. The van der Waals surface area contributed by atoms with E-state index in [2.05, 4.69) is 39.0 Å². The maximum atomic E-state index is 12.4. The lowest BCUT2D eigenvalue weighted by Gasteiger charge is -2.37. The van der Waals surface area contributed by atoms with Crippen molar-refractivity contribution in [1.29, 1.82) is 0 Å². The lowest BCUT2D eigenvalue weighted by molar-refractivity contribution is -0.144. The summed E-state index contributed by atoms with van der Waals surface area (Å²) in [4.78, 5) is 20.1. The Balaban J connectivity index is 1.31. The van der Waals surface area contributed by atoms with Crippen LogP contribution in [0.15, 0.2) is 85.1 Å². The zero-order chi connectivity index (χ0) is 23.3. The number of H-pyrrole nitrogens is 1. The van der Waals surface area contributed by atoms with Gasteiger partial charge in [0.25, 0.3) is 0 Å². The highest BCUT2D eigenvalue weighted by Gasteiger charge is 2.32. The highest BCUT2D eigenvalue weighted by atomic mass is 16.5. The molecule has 1 atom stereocenters. The molecule has 3 aromatic carbocycles. The van der Waals surface area contributed by atoms with Gasteiger partial charge in [-0.2, -0.15) is 0 Å². The van der Waals surface area contributed by atoms with Gasteiger partial charge in [0.05, 0.1) is 0 Å². The van der Waals surface area contributed by atoms with Crippen molar-refractivity contribution in [3.63, 3.8) is 0 Å². The number of hydrogen-bond acceptors (Lipinski definition) is 4. The van der Waals surface area contributed by atoms with Crippen LogP contribution in [0.3, 0.4) is 0 Å². The number of rotatable bonds is 8. The molecule has 5 rings (SSSR count). The van der Waals surface area contributed by atoms with Crippen LogP contribution in [0.25, 0.3) is 10.9 Å². The molecule has 0 unspecified atom stereocenters. The average molecular weight is 456 g/mol. The summed E-state index contributed by atoms with van der Waals surface area (Å²) >= 11 is 0. The van der Waals surface area contributed by atoms with Gasteiger partial charge in [0.2, 0.25) is 0 Å². The van der Waals surface area contributed by atoms with E-state index in [0.717, 1.165) is 47.4 Å². The zero-order valence-corrected chi connectivity index (χ0v) is 19.1. The molecule has 1 fully saturated rings. The second-order valence-corrected chi connectivity index (χ2v) is 8.76. The predicted octanol–water partition coefficient (Wildman–Crippen LogP) is 4.69. The quantitative estimate of drug-likeness (QED) is 0.403. The fraction of sp³-hybridized carbons (Fsp3) is 0.250. The first-order valence-electron chi connectivity index (χ1n) is 11.7. The van der Waals surface area contributed by atoms with Crippen molar-refractivity contribution in [2.45, 2.75) is 19.2 Å². The minimum absolute atomic E-state index is 0.470. The summed E-state index contributed by atoms with van der Waals surface area (Å²) in [5.41, 5.74) is 4.07. The summed E-state index contributed by atoms with van der Waals surface area (Å²) in [7, 11) is 0. The number of ether oxygens (including phenoxy) is 1. The van der Waals surface area contributed by atoms with E-state index in [1.807, 2.05) is 60.8 Å². The molecule has 1 aromatic heterocycles. The molecule has 0 bridgehead atoms. The number of hydrogen-bond donors (Lipinski definition) is 2. The van der Waals surface area contributed by atoms with E-state index in [9.17, 15) is 9.90 Å². The van der Waals surface area contributed by atoms with Crippen molar-refractivity contribution in [1.82, 2.24) is 14.8 Å². The number of aromatic nitrogens is 1. The lowest BCUT2D eigenvalue weighted by Crippen LogP contribution is -2.48. The third kappa shape index (κ3) is 4.98. The molecule has 6 heteroatoms. The van der Waals surface area contributed by atoms with Gasteiger partial charge >= 0.3 is 5.97 Å². The Morgan fingerprint density at radius 3 is 2.26 bits per heavy atom. The smallest absolute Gasteiger partial charge is 0.325 e. The third-order valence-electron chi connectivity index (χ3n) is 6.48. The summed E-state index contributed by atoms with van der Waals surface area (Å²) < 4.78 is 6.00. The highest BCUT2D eigenvalue weighted by Crippen LogP contribution is 2.32. The van der Waals surface area contributed by atoms with E-state index in [0.29, 0.717) is 19.7 Å². The van der Waals surface area contributed by atoms with Crippen molar-refractivity contribution in [3.8, 4) is 5.75 Å². The van der Waals surface area contributed by atoms with Crippen LogP contribution in [0.5, 0.6) is 5.75 Å². The first-order chi connectivity index (χ1) is 16.7. The molecule has 0 spiro atoms. The molecule has 1 aliphatic heterocycles. The van der Waals surface area contributed by atoms with Gasteiger partial charge in [0.15, 0.2) is 0 Å². The van der Waals surface area contributed by atoms with Crippen molar-refractivity contribution in [2.75, 3.05) is 26.2 Å². The van der Waals surface area contributed by atoms with Crippen LogP contribution < -0.4 is 4.74 Å². The molecule has 4 aromatic rings. The molecule has 34 heavy (non-hydrogen) atoms. The SMILES string of the molecule is O=C(O)[C@@H](c1c[nH]c2ccc(OCc3ccccc3)cc12)N1CCN(Cc2ccccc2)CC1. The minimum Gasteiger partial charge on any atom is -0.489 e. The number of carboxylic acid groups (broad SMARTS) is 1. The first-order valence-corrected chi connectivity index (χ1v) is 11.7. The van der Waals surface area contributed by atoms with Crippen molar-refractivity contribution in [2.24, 2.45) is 0 Å². The van der Waals surface area contributed by atoms with Gasteiger partial charge in [-0.15, -0.1) is 0 Å². The number of nitrogens with zero attached hydrogens (tertiary/aromatic N) is 2. The molecule has 0 radical (unpaired) electrons. The largest absolute Gasteiger partial charge is 0.489 e. The van der Waals surface area contributed by atoms with E-state index in [1.165, 1.54) is 5.56 Å². The predicted molar refractivity (Wildman–Crippen MR) is 133 cm³/mol. The summed E-state index contributed by atoms with van der Waals surface area (Å²) in [6.45, 7) is 4.46. The number of nitrogens with one attached hydrogen (secondary N) is 1. The Kier molecular flexibility index (Phi) is 6.60. The normalized spacial score (nSPS) is 15.9. The van der Waals surface area contributed by atoms with Crippen LogP contribution in [-0.4, -0.2) is 52.0 Å². The number of carboxylic acids is 1. The molecule has 6 nitrogen and oxygen atoms in total. The van der Waals surface area contributed by atoms with Crippen LogP contribution in [0.4, 0.5) is 0 Å². The first kappa shape index (κ1) is 22.2. The number of piperazine rings is 1. The van der Waals surface area contributed by atoms with Crippen molar-refractivity contribution in [3.05, 3.63) is 102 Å². The number of benzene rings is 3. The van der Waals surface area contributed by atoms with Gasteiger partial charge < -0.3 is 14.8 Å². The van der Waals surface area contributed by atoms with Crippen LogP contribution in [0.1, 0.15) is 22.7 Å². The van der Waals surface area contributed by atoms with E-state index in [1.54, 1.807) is 0 Å². The van der Waals surface area contributed by atoms with E-state index in [4.69, 9.17) is 4.74 Å². The molecule has 0 aliphatic carbocycles. The number of aliphatic carboxylic acids is 1. The second-order valence-electron chi connectivity index (χ2n) is 8.76. The van der Waals surface area contributed by atoms with Gasteiger partial charge in [0, 0.05) is 55.4 Å². The summed E-state index contributed by atoms with van der Waals surface area (Å²) in [5.74, 6) is -0.0953. The van der Waals surface area contributed by atoms with Crippen LogP contribution in [0.2, 0.25) is 0 Å². The van der Waals surface area contributed by atoms with Gasteiger partial charge in [-0.05, 0) is 29.3 Å². The van der Waals surface area contributed by atoms with Crippen molar-refractivity contribution < 1.29 is 14.6 Å². The molecule has 2 heterocycles. The Morgan fingerprint density at radius 2 is 1.59 bits per heavy atom. The number of fused-ring (bicyclic) bond motifs is 1. The average Bonchev–Trinajstić information content (AvgIpc) is 3.28. The second kappa shape index (κ2) is 10.1. The molecule has 0 amide bonds. The maximum Gasteiger partial charge on any atom is 0.325 e. The Labute approximate surface area is 199 Å². The van der Waals surface area contributed by atoms with Crippen LogP contribution in [-0.2, 0) is 17.9 Å². The van der Waals surface area contributed by atoms with E-state index < -0.39 is 12.0 Å². The fourth-order valence-electron chi connectivity index (χ4n) is 4.69. The fourth-order valence-corrected chi connectivity index (χ4v) is 4.69. The Hall–Kier alpha value is -3.61. The number of aromatic amines is 1. The third-order valence-corrected chi connectivity index (χ3v) is 6.48. The minimum atomic E-state index is -0.826. The molecule has 0 saturated carbocycles. The van der Waals surface area contributed by atoms with Crippen LogP contribution in [0, 0.1) is 0 Å². The molecule has 2 N–H and O–H groups in total. The number of carbonyl (C=O) groups is 1. The van der Waals surface area contributed by atoms with Gasteiger partial charge in [-0.3, -0.25) is 14.6 Å². The standard InChI is InChI=1S/C28H29N3O3/c32-28(33)27(31-15-13-30(14-16-31)19-21-7-3-1-4-8-21)25-18-29-26-12-11-23(17-24(25)26)34-20-22-9-5-2-6-10-22/h1-12,17-18,27,29H,13-16,19-20H2,(H,32,33)/t27-/m1/s1. The topological polar surface area (TPSA) is 68.8 Å². The summed E-state index contributed by atoms with van der Waals surface area (Å²) in [6.07, 6.45) is 1.83. The van der Waals surface area contributed by atoms with Gasteiger partial charge in [0.1, 0.15) is 18.4 Å². The molecule has 1 aliphatic rings. The van der Waals surface area contributed by atoms with Crippen molar-refractivity contribution >= 4 is 16.9 Å². The maximum absolute atomic E-state index is 12.4. The molecular formula is C28H29N3O3. The van der Waals surface area contributed by atoms with E-state index in [-0.39, 0.29) is 0 Å². The summed E-state index contributed by atoms with van der Waals surface area (Å²) in [5, 5.41) is 11.1. The van der Waals surface area contributed by atoms with E-state index >= 15 is 0 Å². The monoisotopic (exact) mass is 455 g/mol. The Bertz CT molecular complexity index is 1230. The van der Waals surface area contributed by atoms with Gasteiger partial charge in [-0.1, -0.05) is 60.7 Å². The molecular weight excluding hydrogens is 426 g/mol. The summed E-state index contributed by atoms with van der Waals surface area (Å²) in [6, 6.07) is 25.5. The highest BCUT2D eigenvalue weighted by molar-refractivity contribution is 5.90. The Morgan fingerprint density at radius 1 is 0.912 bits per heavy atom.